The zero-order chi connectivity index (χ0) is 18.4. The molecule has 1 atom stereocenters. The number of carbonyl (C=O) groups excluding carboxylic acids is 2. The number of carbonyl (C=O) groups is 2. The Hall–Kier alpha value is -2.50. The number of rotatable bonds is 8. The van der Waals surface area contributed by atoms with E-state index >= 15 is 0 Å². The van der Waals surface area contributed by atoms with E-state index in [1.54, 1.807) is 12.3 Å². The number of nitrogens with one attached hydrogen (secondary N) is 1. The number of aryl methyl sites for hydroxylation is 1. The van der Waals surface area contributed by atoms with E-state index < -0.39 is 5.97 Å². The van der Waals surface area contributed by atoms with E-state index in [0.717, 1.165) is 30.0 Å². The molecular weight excluding hydrogens is 320 g/mol. The zero-order valence-corrected chi connectivity index (χ0v) is 15.3. The molecule has 0 saturated heterocycles. The molecule has 0 spiro atoms. The second-order valence-corrected chi connectivity index (χ2v) is 6.28. The highest BCUT2D eigenvalue weighted by Gasteiger charge is 2.19. The maximum absolute atomic E-state index is 12.3. The predicted molar refractivity (Wildman–Crippen MR) is 94.5 cm³/mol. The molecule has 0 aliphatic rings. The van der Waals surface area contributed by atoms with Crippen LogP contribution >= 0.6 is 0 Å². The molecule has 136 valence electrons. The predicted octanol–water partition coefficient (Wildman–Crippen LogP) is 3.21. The molecule has 25 heavy (non-hydrogen) atoms. The van der Waals surface area contributed by atoms with Gasteiger partial charge in [0.1, 0.15) is 5.76 Å². The summed E-state index contributed by atoms with van der Waals surface area (Å²) >= 11 is 0. The Morgan fingerprint density at radius 1 is 1.36 bits per heavy atom. The Balaban J connectivity index is 1.97. The van der Waals surface area contributed by atoms with Gasteiger partial charge in [-0.2, -0.15) is 0 Å². The van der Waals surface area contributed by atoms with Crippen LogP contribution in [-0.4, -0.2) is 29.1 Å². The summed E-state index contributed by atoms with van der Waals surface area (Å²) in [4.78, 5) is 24.1. The van der Waals surface area contributed by atoms with E-state index in [1.165, 1.54) is 0 Å². The number of nitrogens with zero attached hydrogens (tertiary/aromatic N) is 1. The second-order valence-electron chi connectivity index (χ2n) is 6.28. The average molecular weight is 346 g/mol. The lowest BCUT2D eigenvalue weighted by Crippen LogP contribution is -2.35. The molecule has 0 aromatic carbocycles. The van der Waals surface area contributed by atoms with Crippen LogP contribution in [0.5, 0.6) is 0 Å². The monoisotopic (exact) mass is 346 g/mol. The molecule has 2 heterocycles. The van der Waals surface area contributed by atoms with Crippen molar-refractivity contribution in [2.24, 2.45) is 0 Å². The molecule has 0 aliphatic heterocycles. The minimum absolute atomic E-state index is 0.0783. The van der Waals surface area contributed by atoms with E-state index in [9.17, 15) is 9.59 Å². The fourth-order valence-corrected chi connectivity index (χ4v) is 2.84. The quantitative estimate of drug-likeness (QED) is 0.745. The summed E-state index contributed by atoms with van der Waals surface area (Å²) in [6, 6.07) is 5.57. The molecule has 0 fully saturated rings. The number of hydrogen-bond acceptors (Lipinski definition) is 4. The van der Waals surface area contributed by atoms with E-state index in [1.807, 2.05) is 37.5 Å². The highest BCUT2D eigenvalue weighted by molar-refractivity contribution is 5.92. The van der Waals surface area contributed by atoms with Crippen LogP contribution in [0.3, 0.4) is 0 Å². The maximum Gasteiger partial charge on any atom is 0.340 e. The molecule has 0 saturated carbocycles. The van der Waals surface area contributed by atoms with Crippen molar-refractivity contribution in [3.8, 4) is 0 Å². The van der Waals surface area contributed by atoms with Crippen LogP contribution in [0.25, 0.3) is 0 Å². The molecule has 6 nitrogen and oxygen atoms in total. The maximum atomic E-state index is 12.3. The van der Waals surface area contributed by atoms with Crippen molar-refractivity contribution in [3.63, 3.8) is 0 Å². The lowest BCUT2D eigenvalue weighted by atomic mass is 10.2. The van der Waals surface area contributed by atoms with Crippen molar-refractivity contribution < 1.29 is 18.7 Å². The average Bonchev–Trinajstić information content (AvgIpc) is 3.16. The first kappa shape index (κ1) is 18.8. The SMILES string of the molecule is CCCC(C)NC(=O)COC(=O)c1cc(C)n(Cc2ccco2)c1C. The van der Waals surface area contributed by atoms with Crippen molar-refractivity contribution in [1.82, 2.24) is 9.88 Å². The third kappa shape index (κ3) is 4.98. The number of ether oxygens (including phenoxy) is 1. The van der Waals surface area contributed by atoms with Gasteiger partial charge in [0.05, 0.1) is 18.4 Å². The number of amides is 1. The first-order valence-corrected chi connectivity index (χ1v) is 8.58. The van der Waals surface area contributed by atoms with E-state index in [4.69, 9.17) is 9.15 Å². The third-order valence-corrected chi connectivity index (χ3v) is 4.15. The van der Waals surface area contributed by atoms with Gasteiger partial charge in [-0.15, -0.1) is 0 Å². The molecule has 2 rings (SSSR count). The molecule has 0 radical (unpaired) electrons. The van der Waals surface area contributed by atoms with Crippen LogP contribution in [0.1, 0.15) is 54.2 Å². The Labute approximate surface area is 148 Å². The number of esters is 1. The lowest BCUT2D eigenvalue weighted by Gasteiger charge is -2.12. The molecule has 1 N–H and O–H groups in total. The summed E-state index contributed by atoms with van der Waals surface area (Å²) in [6.07, 6.45) is 3.51. The van der Waals surface area contributed by atoms with Crippen LogP contribution in [0.4, 0.5) is 0 Å². The number of aromatic nitrogens is 1. The summed E-state index contributed by atoms with van der Waals surface area (Å²) in [6.45, 7) is 8.05. The van der Waals surface area contributed by atoms with E-state index in [2.05, 4.69) is 12.2 Å². The van der Waals surface area contributed by atoms with Gasteiger partial charge in [0.2, 0.25) is 0 Å². The molecule has 0 bridgehead atoms. The van der Waals surface area contributed by atoms with E-state index in [-0.39, 0.29) is 18.6 Å². The molecule has 6 heteroatoms. The first-order chi connectivity index (χ1) is 11.9. The minimum atomic E-state index is -0.489. The smallest absolute Gasteiger partial charge is 0.340 e. The molecule has 0 aliphatic carbocycles. The Kier molecular flexibility index (Phi) is 6.44. The normalized spacial score (nSPS) is 12.0. The Morgan fingerprint density at radius 3 is 2.76 bits per heavy atom. The van der Waals surface area contributed by atoms with Crippen molar-refractivity contribution in [3.05, 3.63) is 47.2 Å². The van der Waals surface area contributed by atoms with Gasteiger partial charge in [-0.3, -0.25) is 4.79 Å². The van der Waals surface area contributed by atoms with Crippen molar-refractivity contribution in [2.45, 2.75) is 53.1 Å². The summed E-state index contributed by atoms with van der Waals surface area (Å²) in [5.41, 5.74) is 2.19. The fourth-order valence-electron chi connectivity index (χ4n) is 2.84. The second kappa shape index (κ2) is 8.55. The van der Waals surface area contributed by atoms with Gasteiger partial charge in [-0.1, -0.05) is 13.3 Å². The molecule has 1 unspecified atom stereocenters. The molecular formula is C19H26N2O4. The van der Waals surface area contributed by atoms with Gasteiger partial charge in [0, 0.05) is 17.4 Å². The third-order valence-electron chi connectivity index (χ3n) is 4.15. The van der Waals surface area contributed by atoms with Crippen molar-refractivity contribution >= 4 is 11.9 Å². The van der Waals surface area contributed by atoms with Crippen LogP contribution < -0.4 is 5.32 Å². The van der Waals surface area contributed by atoms with Gasteiger partial charge in [-0.05, 0) is 45.4 Å². The van der Waals surface area contributed by atoms with Gasteiger partial charge < -0.3 is 19.0 Å². The number of furan rings is 1. The Bertz CT molecular complexity index is 716. The lowest BCUT2D eigenvalue weighted by molar-refractivity contribution is -0.124. The van der Waals surface area contributed by atoms with Gasteiger partial charge in [0.15, 0.2) is 6.61 Å². The molecule has 1 amide bonds. The van der Waals surface area contributed by atoms with Crippen molar-refractivity contribution in [2.75, 3.05) is 6.61 Å². The summed E-state index contributed by atoms with van der Waals surface area (Å²) in [7, 11) is 0. The van der Waals surface area contributed by atoms with E-state index in [0.29, 0.717) is 12.1 Å². The van der Waals surface area contributed by atoms with Crippen LogP contribution in [0, 0.1) is 13.8 Å². The summed E-state index contributed by atoms with van der Waals surface area (Å²) in [5, 5.41) is 2.81. The van der Waals surface area contributed by atoms with Gasteiger partial charge in [-0.25, -0.2) is 4.79 Å². The fraction of sp³-hybridized carbons (Fsp3) is 0.474. The Morgan fingerprint density at radius 2 is 2.12 bits per heavy atom. The first-order valence-electron chi connectivity index (χ1n) is 8.58. The van der Waals surface area contributed by atoms with Crippen LogP contribution in [0.2, 0.25) is 0 Å². The number of hydrogen-bond donors (Lipinski definition) is 1. The standard InChI is InChI=1S/C19H26N2O4/c1-5-7-13(2)20-18(22)12-25-19(23)17-10-14(3)21(15(17)4)11-16-8-6-9-24-16/h6,8-10,13H,5,7,11-12H2,1-4H3,(H,20,22). The summed E-state index contributed by atoms with van der Waals surface area (Å²) in [5.74, 6) is 0.0433. The van der Waals surface area contributed by atoms with Crippen LogP contribution in [0.15, 0.2) is 28.9 Å². The van der Waals surface area contributed by atoms with Crippen molar-refractivity contribution in [1.29, 1.82) is 0 Å². The highest BCUT2D eigenvalue weighted by Crippen LogP contribution is 2.18. The molecule has 2 aromatic heterocycles. The van der Waals surface area contributed by atoms with Crippen LogP contribution in [-0.2, 0) is 16.1 Å². The summed E-state index contributed by atoms with van der Waals surface area (Å²) < 4.78 is 12.5. The zero-order valence-electron chi connectivity index (χ0n) is 15.3. The highest BCUT2D eigenvalue weighted by atomic mass is 16.5. The van der Waals surface area contributed by atoms with Gasteiger partial charge >= 0.3 is 5.97 Å². The largest absolute Gasteiger partial charge is 0.467 e. The minimum Gasteiger partial charge on any atom is -0.467 e. The molecule has 2 aromatic rings. The van der Waals surface area contributed by atoms with Gasteiger partial charge in [0.25, 0.3) is 5.91 Å². The topological polar surface area (TPSA) is 73.5 Å².